The van der Waals surface area contributed by atoms with Crippen LogP contribution < -0.4 is 0 Å². The SMILES string of the molecule is O=C1C(=O)N(CCc2ccc(F)cc2)C(c2ccccc2)/C1=C(/O)c1ccc([N+](=O)[O-])cc1. The second-order valence-corrected chi connectivity index (χ2v) is 7.58. The zero-order valence-corrected chi connectivity index (χ0v) is 17.3. The van der Waals surface area contributed by atoms with Crippen LogP contribution in [0.25, 0.3) is 5.76 Å². The van der Waals surface area contributed by atoms with E-state index in [0.29, 0.717) is 12.0 Å². The molecule has 0 saturated carbocycles. The number of aliphatic hydroxyl groups excluding tert-OH is 1. The van der Waals surface area contributed by atoms with Gasteiger partial charge in [-0.15, -0.1) is 0 Å². The summed E-state index contributed by atoms with van der Waals surface area (Å²) in [6.07, 6.45) is 0.383. The Morgan fingerprint density at radius 1 is 0.970 bits per heavy atom. The first kappa shape index (κ1) is 21.9. The van der Waals surface area contributed by atoms with Gasteiger partial charge in [0.2, 0.25) is 0 Å². The van der Waals surface area contributed by atoms with Gasteiger partial charge in [-0.25, -0.2) is 4.39 Å². The van der Waals surface area contributed by atoms with Gasteiger partial charge in [-0.2, -0.15) is 0 Å². The van der Waals surface area contributed by atoms with Crippen LogP contribution in [0.3, 0.4) is 0 Å². The van der Waals surface area contributed by atoms with Gasteiger partial charge in [0.15, 0.2) is 0 Å². The molecule has 1 amide bonds. The molecule has 166 valence electrons. The quantitative estimate of drug-likeness (QED) is 0.199. The Hall–Kier alpha value is -4.33. The second kappa shape index (κ2) is 9.04. The number of aliphatic hydroxyl groups is 1. The Balaban J connectivity index is 1.74. The number of carbonyl (C=O) groups excluding carboxylic acids is 2. The normalized spacial score (nSPS) is 17.4. The second-order valence-electron chi connectivity index (χ2n) is 7.58. The van der Waals surface area contributed by atoms with E-state index >= 15 is 0 Å². The van der Waals surface area contributed by atoms with Crippen molar-refractivity contribution in [3.05, 3.63) is 117 Å². The molecule has 0 bridgehead atoms. The molecule has 33 heavy (non-hydrogen) atoms. The molecular formula is C25H19FN2O5. The third-order valence-electron chi connectivity index (χ3n) is 5.56. The van der Waals surface area contributed by atoms with E-state index in [4.69, 9.17) is 0 Å². The molecule has 3 aromatic carbocycles. The van der Waals surface area contributed by atoms with Crippen LogP contribution in [-0.4, -0.2) is 33.2 Å². The van der Waals surface area contributed by atoms with Crippen LogP contribution in [0.15, 0.2) is 84.4 Å². The summed E-state index contributed by atoms with van der Waals surface area (Å²) in [6, 6.07) is 19.0. The highest BCUT2D eigenvalue weighted by atomic mass is 19.1. The van der Waals surface area contributed by atoms with Gasteiger partial charge in [0.1, 0.15) is 11.6 Å². The van der Waals surface area contributed by atoms with Gasteiger partial charge in [-0.3, -0.25) is 19.7 Å². The van der Waals surface area contributed by atoms with E-state index in [9.17, 15) is 29.2 Å². The lowest BCUT2D eigenvalue weighted by Gasteiger charge is -2.25. The van der Waals surface area contributed by atoms with Gasteiger partial charge < -0.3 is 10.0 Å². The van der Waals surface area contributed by atoms with E-state index in [-0.39, 0.29) is 29.2 Å². The summed E-state index contributed by atoms with van der Waals surface area (Å²) >= 11 is 0. The largest absolute Gasteiger partial charge is 0.507 e. The number of hydrogen-bond donors (Lipinski definition) is 1. The number of hydrogen-bond acceptors (Lipinski definition) is 5. The van der Waals surface area contributed by atoms with Crippen molar-refractivity contribution in [3.8, 4) is 0 Å². The fraction of sp³-hybridized carbons (Fsp3) is 0.120. The molecule has 1 heterocycles. The Morgan fingerprint density at radius 2 is 1.61 bits per heavy atom. The van der Waals surface area contributed by atoms with Crippen molar-refractivity contribution >= 4 is 23.1 Å². The molecule has 0 aliphatic carbocycles. The molecule has 8 heteroatoms. The molecular weight excluding hydrogens is 427 g/mol. The van der Waals surface area contributed by atoms with Crippen LogP contribution in [0.4, 0.5) is 10.1 Å². The minimum absolute atomic E-state index is 0.0841. The number of likely N-dealkylation sites (tertiary alicyclic amines) is 1. The van der Waals surface area contributed by atoms with Crippen LogP contribution in [-0.2, 0) is 16.0 Å². The maximum Gasteiger partial charge on any atom is 0.295 e. The first-order valence-electron chi connectivity index (χ1n) is 10.2. The monoisotopic (exact) mass is 446 g/mol. The van der Waals surface area contributed by atoms with Crippen molar-refractivity contribution < 1.29 is 24.0 Å². The summed E-state index contributed by atoms with van der Waals surface area (Å²) in [7, 11) is 0. The van der Waals surface area contributed by atoms with Gasteiger partial charge >= 0.3 is 0 Å². The molecule has 1 saturated heterocycles. The Kier molecular flexibility index (Phi) is 5.99. The van der Waals surface area contributed by atoms with E-state index < -0.39 is 28.4 Å². The molecule has 1 aliphatic rings. The van der Waals surface area contributed by atoms with E-state index in [0.717, 1.165) is 5.56 Å². The summed E-state index contributed by atoms with van der Waals surface area (Å²) in [4.78, 5) is 37.7. The number of carbonyl (C=O) groups is 2. The topological polar surface area (TPSA) is 101 Å². The number of amides is 1. The molecule has 4 rings (SSSR count). The van der Waals surface area contributed by atoms with Crippen LogP contribution in [0.1, 0.15) is 22.7 Å². The molecule has 1 aliphatic heterocycles. The van der Waals surface area contributed by atoms with E-state index in [2.05, 4.69) is 0 Å². The molecule has 1 atom stereocenters. The number of non-ortho nitro benzene ring substituents is 1. The predicted molar refractivity (Wildman–Crippen MR) is 119 cm³/mol. The first-order valence-corrected chi connectivity index (χ1v) is 10.2. The molecule has 1 N–H and O–H groups in total. The van der Waals surface area contributed by atoms with Crippen molar-refractivity contribution in [2.24, 2.45) is 0 Å². The Labute approximate surface area is 188 Å². The molecule has 1 unspecified atom stereocenters. The highest BCUT2D eigenvalue weighted by molar-refractivity contribution is 6.46. The minimum Gasteiger partial charge on any atom is -0.507 e. The third kappa shape index (κ3) is 4.36. The molecule has 0 spiro atoms. The number of benzene rings is 3. The number of nitro benzene ring substituents is 1. The number of nitro groups is 1. The maximum atomic E-state index is 13.2. The summed E-state index contributed by atoms with van der Waals surface area (Å²) in [6.45, 7) is 0.173. The average Bonchev–Trinajstić information content (AvgIpc) is 3.08. The zero-order valence-electron chi connectivity index (χ0n) is 17.3. The van der Waals surface area contributed by atoms with Crippen molar-refractivity contribution in [2.45, 2.75) is 12.5 Å². The van der Waals surface area contributed by atoms with Gasteiger partial charge in [-0.05, 0) is 41.8 Å². The fourth-order valence-corrected chi connectivity index (χ4v) is 3.89. The van der Waals surface area contributed by atoms with Crippen LogP contribution in [0, 0.1) is 15.9 Å². The summed E-state index contributed by atoms with van der Waals surface area (Å²) in [5.41, 5.74) is 1.38. The van der Waals surface area contributed by atoms with Crippen molar-refractivity contribution in [1.29, 1.82) is 0 Å². The zero-order chi connectivity index (χ0) is 23.5. The minimum atomic E-state index is -0.834. The van der Waals surface area contributed by atoms with Gasteiger partial charge in [0.25, 0.3) is 17.4 Å². The Bertz CT molecular complexity index is 1240. The van der Waals surface area contributed by atoms with Crippen molar-refractivity contribution in [3.63, 3.8) is 0 Å². The van der Waals surface area contributed by atoms with E-state index in [1.54, 1.807) is 42.5 Å². The van der Waals surface area contributed by atoms with Crippen LogP contribution >= 0.6 is 0 Å². The first-order chi connectivity index (χ1) is 15.9. The summed E-state index contributed by atoms with van der Waals surface area (Å²) < 4.78 is 13.2. The lowest BCUT2D eigenvalue weighted by atomic mass is 9.95. The van der Waals surface area contributed by atoms with Gasteiger partial charge in [0, 0.05) is 24.2 Å². The van der Waals surface area contributed by atoms with Crippen molar-refractivity contribution in [1.82, 2.24) is 4.90 Å². The fourth-order valence-electron chi connectivity index (χ4n) is 3.89. The highest BCUT2D eigenvalue weighted by Crippen LogP contribution is 2.39. The molecule has 3 aromatic rings. The maximum absolute atomic E-state index is 13.2. The third-order valence-corrected chi connectivity index (χ3v) is 5.56. The smallest absolute Gasteiger partial charge is 0.295 e. The van der Waals surface area contributed by atoms with Crippen LogP contribution in [0.2, 0.25) is 0 Å². The van der Waals surface area contributed by atoms with Crippen LogP contribution in [0.5, 0.6) is 0 Å². The summed E-state index contributed by atoms with van der Waals surface area (Å²) in [5, 5.41) is 21.9. The van der Waals surface area contributed by atoms with E-state index in [1.165, 1.54) is 41.3 Å². The number of nitrogens with zero attached hydrogens (tertiary/aromatic N) is 2. The standard InChI is InChI=1S/C25H19FN2O5/c26-19-10-6-16(7-11-19)14-15-27-22(17-4-2-1-3-5-17)21(24(30)25(27)31)23(29)18-8-12-20(13-9-18)28(32)33/h1-13,22,29H,14-15H2/b23-21-. The molecule has 0 radical (unpaired) electrons. The lowest BCUT2D eigenvalue weighted by molar-refractivity contribution is -0.384. The molecule has 7 nitrogen and oxygen atoms in total. The lowest BCUT2D eigenvalue weighted by Crippen LogP contribution is -2.31. The molecule has 1 fully saturated rings. The number of Topliss-reactive ketones (excluding diaryl/α,β-unsaturated/α-hetero) is 1. The number of ketones is 1. The average molecular weight is 446 g/mol. The van der Waals surface area contributed by atoms with Gasteiger partial charge in [-0.1, -0.05) is 42.5 Å². The van der Waals surface area contributed by atoms with E-state index in [1.807, 2.05) is 0 Å². The van der Waals surface area contributed by atoms with Crippen molar-refractivity contribution in [2.75, 3.05) is 6.54 Å². The van der Waals surface area contributed by atoms with Gasteiger partial charge in [0.05, 0.1) is 16.5 Å². The highest BCUT2D eigenvalue weighted by Gasteiger charge is 2.45. The predicted octanol–water partition coefficient (Wildman–Crippen LogP) is 4.40. The number of halogens is 1. The Morgan fingerprint density at radius 3 is 2.21 bits per heavy atom. The number of rotatable bonds is 6. The summed E-state index contributed by atoms with van der Waals surface area (Å²) in [5.74, 6) is -2.36. The molecule has 0 aromatic heterocycles.